The molecule has 0 amide bonds. The number of carbonyl (C=O) groups is 1. The highest BCUT2D eigenvalue weighted by Crippen LogP contribution is 2.32. The molecule has 86 valence electrons. The molecule has 1 aromatic carbocycles. The molecule has 0 aliphatic carbocycles. The van der Waals surface area contributed by atoms with Gasteiger partial charge in [0.25, 0.3) is 0 Å². The van der Waals surface area contributed by atoms with Crippen LogP contribution < -0.4 is 0 Å². The monoisotopic (exact) mass is 221 g/mol. The van der Waals surface area contributed by atoms with Crippen LogP contribution >= 0.6 is 0 Å². The van der Waals surface area contributed by atoms with Gasteiger partial charge >= 0.3 is 5.97 Å². The van der Waals surface area contributed by atoms with Crippen LogP contribution in [0.2, 0.25) is 0 Å². The van der Waals surface area contributed by atoms with E-state index in [1.54, 1.807) is 5.06 Å². The van der Waals surface area contributed by atoms with E-state index in [4.69, 9.17) is 9.57 Å². The fraction of sp³-hybridized carbons (Fsp3) is 0.417. The third kappa shape index (κ3) is 2.40. The van der Waals surface area contributed by atoms with Crippen molar-refractivity contribution in [3.63, 3.8) is 0 Å². The quantitative estimate of drug-likeness (QED) is 0.715. The zero-order chi connectivity index (χ0) is 11.5. The van der Waals surface area contributed by atoms with Crippen LogP contribution in [-0.2, 0) is 14.4 Å². The summed E-state index contributed by atoms with van der Waals surface area (Å²) in [6.45, 7) is 1.39. The standard InChI is InChI=1S/C12H15NO3/c1-9(14)15-12-8-11(13(2)16-12)10-6-4-3-5-7-10/h3-7,11-12H,8H2,1-2H3/t11-,12-/m1/s1. The lowest BCUT2D eigenvalue weighted by atomic mass is 10.0. The molecule has 1 saturated heterocycles. The molecule has 0 N–H and O–H groups in total. The topological polar surface area (TPSA) is 38.8 Å². The van der Waals surface area contributed by atoms with Crippen molar-refractivity contribution in [2.75, 3.05) is 7.05 Å². The molecule has 0 unspecified atom stereocenters. The van der Waals surface area contributed by atoms with Crippen molar-refractivity contribution in [1.29, 1.82) is 0 Å². The van der Waals surface area contributed by atoms with Crippen LogP contribution in [0.3, 0.4) is 0 Å². The Morgan fingerprint density at radius 2 is 2.12 bits per heavy atom. The second-order valence-corrected chi connectivity index (χ2v) is 3.85. The number of carbonyl (C=O) groups excluding carboxylic acids is 1. The average molecular weight is 221 g/mol. The fourth-order valence-corrected chi connectivity index (χ4v) is 1.91. The Hall–Kier alpha value is -1.39. The minimum Gasteiger partial charge on any atom is -0.434 e. The number of hydrogen-bond donors (Lipinski definition) is 0. The van der Waals surface area contributed by atoms with Crippen LogP contribution in [0, 0.1) is 0 Å². The van der Waals surface area contributed by atoms with Crippen molar-refractivity contribution in [3.8, 4) is 0 Å². The van der Waals surface area contributed by atoms with Gasteiger partial charge in [0.1, 0.15) is 0 Å². The van der Waals surface area contributed by atoms with Crippen LogP contribution in [0.4, 0.5) is 0 Å². The molecule has 1 aliphatic heterocycles. The lowest BCUT2D eigenvalue weighted by Gasteiger charge is -2.16. The number of hydrogen-bond acceptors (Lipinski definition) is 4. The van der Waals surface area contributed by atoms with Crippen LogP contribution in [0.15, 0.2) is 30.3 Å². The van der Waals surface area contributed by atoms with Crippen LogP contribution in [0.5, 0.6) is 0 Å². The number of hydroxylamine groups is 2. The zero-order valence-corrected chi connectivity index (χ0v) is 9.42. The lowest BCUT2D eigenvalue weighted by Crippen LogP contribution is -2.19. The molecule has 2 atom stereocenters. The Morgan fingerprint density at radius 3 is 2.75 bits per heavy atom. The zero-order valence-electron chi connectivity index (χ0n) is 9.42. The summed E-state index contributed by atoms with van der Waals surface area (Å²) in [5, 5.41) is 1.74. The molecule has 4 nitrogen and oxygen atoms in total. The lowest BCUT2D eigenvalue weighted by molar-refractivity contribution is -0.225. The van der Waals surface area contributed by atoms with Crippen molar-refractivity contribution >= 4 is 5.97 Å². The SMILES string of the molecule is CC(=O)O[C@H]1C[C@H](c2ccccc2)N(C)O1. The highest BCUT2D eigenvalue weighted by molar-refractivity contribution is 5.66. The molecule has 0 radical (unpaired) electrons. The number of benzene rings is 1. The fourth-order valence-electron chi connectivity index (χ4n) is 1.91. The summed E-state index contributed by atoms with van der Waals surface area (Å²) >= 11 is 0. The molecule has 0 saturated carbocycles. The third-order valence-electron chi connectivity index (χ3n) is 2.62. The smallest absolute Gasteiger partial charge is 0.304 e. The summed E-state index contributed by atoms with van der Waals surface area (Å²) in [4.78, 5) is 16.3. The number of rotatable bonds is 2. The Bertz CT molecular complexity index is 366. The Kier molecular flexibility index (Phi) is 3.22. The molecule has 0 spiro atoms. The van der Waals surface area contributed by atoms with Crippen LogP contribution in [-0.4, -0.2) is 24.4 Å². The van der Waals surface area contributed by atoms with Gasteiger partial charge in [-0.05, 0) is 5.56 Å². The van der Waals surface area contributed by atoms with Crippen LogP contribution in [0.1, 0.15) is 24.9 Å². The molecule has 1 aliphatic rings. The second-order valence-electron chi connectivity index (χ2n) is 3.85. The predicted octanol–water partition coefficient (Wildman–Crippen LogP) is 1.88. The second kappa shape index (κ2) is 4.63. The van der Waals surface area contributed by atoms with E-state index in [0.29, 0.717) is 6.42 Å². The maximum atomic E-state index is 10.8. The molecule has 0 aromatic heterocycles. The van der Waals surface area contributed by atoms with Crippen molar-refractivity contribution in [1.82, 2.24) is 5.06 Å². The van der Waals surface area contributed by atoms with E-state index in [1.807, 2.05) is 37.4 Å². The maximum absolute atomic E-state index is 10.8. The highest BCUT2D eigenvalue weighted by atomic mass is 16.8. The number of esters is 1. The van der Waals surface area contributed by atoms with Gasteiger partial charge in [-0.2, -0.15) is 5.06 Å². The van der Waals surface area contributed by atoms with Gasteiger partial charge in [0, 0.05) is 20.4 Å². The van der Waals surface area contributed by atoms with E-state index in [0.717, 1.165) is 0 Å². The Morgan fingerprint density at radius 1 is 1.44 bits per heavy atom. The summed E-state index contributed by atoms with van der Waals surface area (Å²) in [5.74, 6) is -0.313. The van der Waals surface area contributed by atoms with Gasteiger partial charge in [-0.1, -0.05) is 30.3 Å². The van der Waals surface area contributed by atoms with Crippen molar-refractivity contribution in [2.24, 2.45) is 0 Å². The van der Waals surface area contributed by atoms with Crippen molar-refractivity contribution in [2.45, 2.75) is 25.7 Å². The minimum atomic E-state index is -0.465. The molecule has 2 rings (SSSR count). The van der Waals surface area contributed by atoms with Crippen molar-refractivity contribution in [3.05, 3.63) is 35.9 Å². The van der Waals surface area contributed by atoms with Gasteiger partial charge < -0.3 is 4.74 Å². The van der Waals surface area contributed by atoms with Crippen molar-refractivity contribution < 1.29 is 14.4 Å². The van der Waals surface area contributed by atoms with Gasteiger partial charge in [0.05, 0.1) is 6.04 Å². The molecule has 1 heterocycles. The Labute approximate surface area is 94.7 Å². The highest BCUT2D eigenvalue weighted by Gasteiger charge is 2.33. The number of nitrogens with zero attached hydrogens (tertiary/aromatic N) is 1. The van der Waals surface area contributed by atoms with Gasteiger partial charge in [-0.3, -0.25) is 9.63 Å². The molecule has 1 fully saturated rings. The molecular weight excluding hydrogens is 206 g/mol. The van der Waals surface area contributed by atoms with E-state index in [1.165, 1.54) is 12.5 Å². The first-order valence-electron chi connectivity index (χ1n) is 5.28. The normalized spacial score (nSPS) is 25.6. The molecular formula is C12H15NO3. The summed E-state index contributed by atoms with van der Waals surface area (Å²) in [6, 6.07) is 10.2. The summed E-state index contributed by atoms with van der Waals surface area (Å²) in [7, 11) is 1.85. The molecule has 4 heteroatoms. The first-order valence-corrected chi connectivity index (χ1v) is 5.28. The minimum absolute atomic E-state index is 0.144. The van der Waals surface area contributed by atoms with Gasteiger partial charge in [0.15, 0.2) is 0 Å². The predicted molar refractivity (Wildman–Crippen MR) is 58.2 cm³/mol. The van der Waals surface area contributed by atoms with Gasteiger partial charge in [0.2, 0.25) is 6.29 Å². The maximum Gasteiger partial charge on any atom is 0.304 e. The Balaban J connectivity index is 2.05. The number of ether oxygens (including phenoxy) is 1. The third-order valence-corrected chi connectivity index (χ3v) is 2.62. The van der Waals surface area contributed by atoms with E-state index in [2.05, 4.69) is 0 Å². The van der Waals surface area contributed by atoms with E-state index in [9.17, 15) is 4.79 Å². The average Bonchev–Trinajstić information content (AvgIpc) is 2.60. The summed E-state index contributed by atoms with van der Waals surface area (Å²) < 4.78 is 5.03. The largest absolute Gasteiger partial charge is 0.434 e. The van der Waals surface area contributed by atoms with E-state index >= 15 is 0 Å². The first kappa shape index (κ1) is 11.1. The molecule has 0 bridgehead atoms. The molecule has 1 aromatic rings. The van der Waals surface area contributed by atoms with E-state index < -0.39 is 6.29 Å². The molecule has 16 heavy (non-hydrogen) atoms. The summed E-state index contributed by atoms with van der Waals surface area (Å²) in [5.41, 5.74) is 1.17. The summed E-state index contributed by atoms with van der Waals surface area (Å²) in [6.07, 6.45) is 0.202. The van der Waals surface area contributed by atoms with Gasteiger partial charge in [-0.15, -0.1) is 0 Å². The van der Waals surface area contributed by atoms with Gasteiger partial charge in [-0.25, -0.2) is 0 Å². The van der Waals surface area contributed by atoms with Crippen LogP contribution in [0.25, 0.3) is 0 Å². The van der Waals surface area contributed by atoms with E-state index in [-0.39, 0.29) is 12.0 Å². The first-order chi connectivity index (χ1) is 7.66.